The molecule has 1 aromatic heterocycles. The van der Waals surface area contributed by atoms with Gasteiger partial charge in [-0.15, -0.1) is 0 Å². The molecule has 0 aliphatic carbocycles. The average molecular weight is 479 g/mol. The zero-order chi connectivity index (χ0) is 24.9. The fraction of sp³-hybridized carbons (Fsp3) is 0.458. The van der Waals surface area contributed by atoms with Crippen molar-refractivity contribution >= 4 is 17.5 Å². The molecular weight excluding hydrogens is 449 g/mol. The van der Waals surface area contributed by atoms with Gasteiger partial charge in [0.1, 0.15) is 11.4 Å². The number of carbonyl (C=O) groups is 2. The number of amides is 2. The minimum absolute atomic E-state index is 0.0494. The van der Waals surface area contributed by atoms with E-state index in [1.54, 1.807) is 32.0 Å². The van der Waals surface area contributed by atoms with Gasteiger partial charge in [-0.25, -0.2) is 4.98 Å². The maximum atomic E-state index is 12.9. The fourth-order valence-corrected chi connectivity index (χ4v) is 3.75. The number of hydrogen-bond acceptors (Lipinski definition) is 5. The van der Waals surface area contributed by atoms with Crippen molar-refractivity contribution in [3.63, 3.8) is 0 Å². The Hall–Kier alpha value is -2.98. The molecule has 0 atom stereocenters. The first kappa shape index (κ1) is 25.6. The molecule has 3 rings (SSSR count). The van der Waals surface area contributed by atoms with Crippen LogP contribution in [0, 0.1) is 5.92 Å². The Morgan fingerprint density at radius 2 is 1.79 bits per heavy atom. The molecule has 3 N–H and O–H groups in total. The Morgan fingerprint density at radius 1 is 1.12 bits per heavy atom. The Bertz CT molecular complexity index is 1020. The number of hydrogen-bond donors (Lipinski definition) is 3. The van der Waals surface area contributed by atoms with Crippen molar-refractivity contribution in [3.8, 4) is 0 Å². The molecule has 1 aliphatic rings. The molecule has 10 heteroatoms. The number of aliphatic hydroxyl groups excluding tert-OH is 1. The predicted octanol–water partition coefficient (Wildman–Crippen LogP) is 3.45. The van der Waals surface area contributed by atoms with E-state index in [2.05, 4.69) is 20.5 Å². The lowest BCUT2D eigenvalue weighted by Crippen LogP contribution is -2.50. The van der Waals surface area contributed by atoms with E-state index in [1.807, 2.05) is 6.07 Å². The minimum Gasteiger partial charge on any atom is -0.394 e. The van der Waals surface area contributed by atoms with E-state index in [0.717, 1.165) is 30.8 Å². The lowest BCUT2D eigenvalue weighted by Gasteiger charge is -2.33. The summed E-state index contributed by atoms with van der Waals surface area (Å²) in [6.45, 7) is 5.48. The molecule has 2 aromatic rings. The van der Waals surface area contributed by atoms with Gasteiger partial charge in [-0.2, -0.15) is 13.2 Å². The molecule has 2 heterocycles. The molecule has 184 valence electrons. The zero-order valence-corrected chi connectivity index (χ0v) is 19.2. The first-order valence-electron chi connectivity index (χ1n) is 11.1. The van der Waals surface area contributed by atoms with Gasteiger partial charge in [0, 0.05) is 18.2 Å². The van der Waals surface area contributed by atoms with Crippen LogP contribution >= 0.6 is 0 Å². The van der Waals surface area contributed by atoms with Crippen LogP contribution in [0.15, 0.2) is 42.5 Å². The molecule has 0 spiro atoms. The molecule has 2 amide bonds. The van der Waals surface area contributed by atoms with Gasteiger partial charge >= 0.3 is 6.18 Å². The van der Waals surface area contributed by atoms with Crippen LogP contribution in [0.5, 0.6) is 0 Å². The number of aliphatic hydroxyl groups is 1. The van der Waals surface area contributed by atoms with Gasteiger partial charge in [-0.1, -0.05) is 18.2 Å². The van der Waals surface area contributed by atoms with Crippen LogP contribution in [0.1, 0.15) is 48.4 Å². The summed E-state index contributed by atoms with van der Waals surface area (Å²) in [4.78, 5) is 30.5. The van der Waals surface area contributed by atoms with E-state index in [4.69, 9.17) is 0 Å². The van der Waals surface area contributed by atoms with Crippen molar-refractivity contribution in [2.75, 3.05) is 25.0 Å². The van der Waals surface area contributed by atoms with E-state index < -0.39 is 23.3 Å². The Morgan fingerprint density at radius 3 is 2.44 bits per heavy atom. The summed E-state index contributed by atoms with van der Waals surface area (Å²) >= 11 is 0. The lowest BCUT2D eigenvalue weighted by molar-refractivity contribution is -0.141. The van der Waals surface area contributed by atoms with Crippen molar-refractivity contribution in [1.29, 1.82) is 0 Å². The maximum Gasteiger partial charge on any atom is 0.433 e. The molecule has 7 nitrogen and oxygen atoms in total. The van der Waals surface area contributed by atoms with Crippen LogP contribution in [0.3, 0.4) is 0 Å². The standard InChI is InChI=1S/C24H29F3N4O3/c1-23(2,15-32)30-21(33)17-9-11-31(12-10-17)14-16-5-3-6-18(13-16)28-22(34)19-7-4-8-20(29-19)24(25,26)27/h3-8,13,17,32H,9-12,14-15H2,1-2H3,(H,28,34)(H,30,33). The number of nitrogens with zero attached hydrogens (tertiary/aromatic N) is 2. The number of aromatic nitrogens is 1. The summed E-state index contributed by atoms with van der Waals surface area (Å²) < 4.78 is 38.6. The van der Waals surface area contributed by atoms with Gasteiger partial charge in [-0.3, -0.25) is 14.5 Å². The molecule has 1 saturated heterocycles. The molecular formula is C24H29F3N4O3. The summed E-state index contributed by atoms with van der Waals surface area (Å²) in [6.07, 6.45) is -3.23. The third-order valence-corrected chi connectivity index (χ3v) is 5.68. The molecule has 1 aromatic carbocycles. The third kappa shape index (κ3) is 7.01. The number of benzene rings is 1. The number of pyridine rings is 1. The molecule has 0 saturated carbocycles. The summed E-state index contributed by atoms with van der Waals surface area (Å²) in [7, 11) is 0. The highest BCUT2D eigenvalue weighted by Gasteiger charge is 2.33. The van der Waals surface area contributed by atoms with Gasteiger partial charge in [-0.05, 0) is 69.6 Å². The number of piperidine rings is 1. The number of nitrogens with one attached hydrogen (secondary N) is 2. The topological polar surface area (TPSA) is 94.6 Å². The van der Waals surface area contributed by atoms with Gasteiger partial charge < -0.3 is 15.7 Å². The molecule has 0 bridgehead atoms. The van der Waals surface area contributed by atoms with Crippen LogP contribution < -0.4 is 10.6 Å². The monoisotopic (exact) mass is 478 g/mol. The summed E-state index contributed by atoms with van der Waals surface area (Å²) in [6, 6.07) is 10.3. The molecule has 1 aliphatic heterocycles. The third-order valence-electron chi connectivity index (χ3n) is 5.68. The van der Waals surface area contributed by atoms with E-state index in [-0.39, 0.29) is 24.1 Å². The Kier molecular flexibility index (Phi) is 7.93. The van der Waals surface area contributed by atoms with Gasteiger partial charge in [0.25, 0.3) is 5.91 Å². The fourth-order valence-electron chi connectivity index (χ4n) is 3.75. The van der Waals surface area contributed by atoms with Crippen molar-refractivity contribution in [2.24, 2.45) is 5.92 Å². The second kappa shape index (κ2) is 10.5. The van der Waals surface area contributed by atoms with Crippen molar-refractivity contribution in [3.05, 3.63) is 59.4 Å². The highest BCUT2D eigenvalue weighted by atomic mass is 19.4. The predicted molar refractivity (Wildman–Crippen MR) is 121 cm³/mol. The number of rotatable bonds is 7. The highest BCUT2D eigenvalue weighted by molar-refractivity contribution is 6.02. The van der Waals surface area contributed by atoms with Crippen LogP contribution in [0.2, 0.25) is 0 Å². The number of carbonyl (C=O) groups excluding carboxylic acids is 2. The smallest absolute Gasteiger partial charge is 0.394 e. The normalized spacial score (nSPS) is 15.7. The van der Waals surface area contributed by atoms with Crippen LogP contribution in [-0.4, -0.2) is 52.0 Å². The zero-order valence-electron chi connectivity index (χ0n) is 19.2. The van der Waals surface area contributed by atoms with E-state index in [9.17, 15) is 27.9 Å². The van der Waals surface area contributed by atoms with Crippen LogP contribution in [0.25, 0.3) is 0 Å². The first-order chi connectivity index (χ1) is 16.0. The minimum atomic E-state index is -4.63. The van der Waals surface area contributed by atoms with E-state index in [0.29, 0.717) is 25.1 Å². The van der Waals surface area contributed by atoms with Crippen molar-refractivity contribution in [1.82, 2.24) is 15.2 Å². The summed E-state index contributed by atoms with van der Waals surface area (Å²) in [5, 5.41) is 14.8. The number of alkyl halides is 3. The largest absolute Gasteiger partial charge is 0.433 e. The molecule has 0 unspecified atom stereocenters. The van der Waals surface area contributed by atoms with Crippen molar-refractivity contribution < 1.29 is 27.9 Å². The maximum absolute atomic E-state index is 12.9. The summed E-state index contributed by atoms with van der Waals surface area (Å²) in [5.74, 6) is -0.875. The molecule has 0 radical (unpaired) electrons. The second-order valence-electron chi connectivity index (χ2n) is 9.14. The van der Waals surface area contributed by atoms with Gasteiger partial charge in [0.15, 0.2) is 0 Å². The highest BCUT2D eigenvalue weighted by Crippen LogP contribution is 2.27. The first-order valence-corrected chi connectivity index (χ1v) is 11.1. The van der Waals surface area contributed by atoms with Gasteiger partial charge in [0.05, 0.1) is 12.1 Å². The van der Waals surface area contributed by atoms with E-state index in [1.165, 1.54) is 6.07 Å². The second-order valence-corrected chi connectivity index (χ2v) is 9.14. The van der Waals surface area contributed by atoms with Crippen LogP contribution in [-0.2, 0) is 17.5 Å². The number of halogens is 3. The Balaban J connectivity index is 1.55. The summed E-state index contributed by atoms with van der Waals surface area (Å²) in [5.41, 5.74) is -0.694. The number of likely N-dealkylation sites (tertiary alicyclic amines) is 1. The average Bonchev–Trinajstić information content (AvgIpc) is 2.79. The SMILES string of the molecule is CC(C)(CO)NC(=O)C1CCN(Cc2cccc(NC(=O)c3cccc(C(F)(F)F)n3)c2)CC1. The molecule has 34 heavy (non-hydrogen) atoms. The van der Waals surface area contributed by atoms with Crippen molar-refractivity contribution in [2.45, 2.75) is 44.9 Å². The van der Waals surface area contributed by atoms with E-state index >= 15 is 0 Å². The Labute approximate surface area is 196 Å². The van der Waals surface area contributed by atoms with Crippen LogP contribution in [0.4, 0.5) is 18.9 Å². The van der Waals surface area contributed by atoms with Gasteiger partial charge in [0.2, 0.25) is 5.91 Å². The lowest BCUT2D eigenvalue weighted by atomic mass is 9.94. The quantitative estimate of drug-likeness (QED) is 0.567. The number of anilines is 1. The molecule has 1 fully saturated rings.